The standard InChI is InChI=1S/C10H14FN3S/c1-8-2-3-14(4-5-15-8)10-12-6-9(11)7-13-10/h6-8H,2-5H2,1H3/t8-/m0/s1. The van der Waals surface area contributed by atoms with E-state index < -0.39 is 0 Å². The second-order valence-electron chi connectivity index (χ2n) is 3.66. The Labute approximate surface area is 93.1 Å². The predicted octanol–water partition coefficient (Wildman–Crippen LogP) is 1.95. The minimum atomic E-state index is -0.378. The van der Waals surface area contributed by atoms with E-state index in [1.807, 2.05) is 11.8 Å². The summed E-state index contributed by atoms with van der Waals surface area (Å²) in [4.78, 5) is 10.1. The van der Waals surface area contributed by atoms with Gasteiger partial charge in [0, 0.05) is 24.1 Å². The highest BCUT2D eigenvalue weighted by atomic mass is 32.2. The van der Waals surface area contributed by atoms with Crippen molar-refractivity contribution in [2.75, 3.05) is 23.7 Å². The van der Waals surface area contributed by atoms with Crippen molar-refractivity contribution in [3.05, 3.63) is 18.2 Å². The molecule has 1 atom stereocenters. The van der Waals surface area contributed by atoms with Crippen LogP contribution in [0, 0.1) is 5.82 Å². The molecule has 0 amide bonds. The molecule has 1 aliphatic heterocycles. The Kier molecular flexibility index (Phi) is 3.41. The van der Waals surface area contributed by atoms with Crippen molar-refractivity contribution in [1.29, 1.82) is 0 Å². The zero-order valence-corrected chi connectivity index (χ0v) is 9.50. The van der Waals surface area contributed by atoms with Gasteiger partial charge in [-0.15, -0.1) is 0 Å². The summed E-state index contributed by atoms with van der Waals surface area (Å²) >= 11 is 1.97. The number of hydrogen-bond donors (Lipinski definition) is 0. The van der Waals surface area contributed by atoms with Gasteiger partial charge in [0.05, 0.1) is 12.4 Å². The lowest BCUT2D eigenvalue weighted by Crippen LogP contribution is -2.27. The average molecular weight is 227 g/mol. The van der Waals surface area contributed by atoms with Gasteiger partial charge in [0.25, 0.3) is 0 Å². The van der Waals surface area contributed by atoms with Gasteiger partial charge >= 0.3 is 0 Å². The molecule has 2 rings (SSSR count). The summed E-state index contributed by atoms with van der Waals surface area (Å²) in [6.45, 7) is 4.14. The molecule has 0 radical (unpaired) electrons. The number of halogens is 1. The molecule has 0 aromatic carbocycles. The van der Waals surface area contributed by atoms with Crippen molar-refractivity contribution in [3.63, 3.8) is 0 Å². The van der Waals surface area contributed by atoms with E-state index in [2.05, 4.69) is 21.8 Å². The molecule has 0 aliphatic carbocycles. The Balaban J connectivity index is 2.06. The van der Waals surface area contributed by atoms with Crippen molar-refractivity contribution < 1.29 is 4.39 Å². The van der Waals surface area contributed by atoms with E-state index in [0.29, 0.717) is 11.2 Å². The van der Waals surface area contributed by atoms with Crippen LogP contribution in [-0.4, -0.2) is 34.1 Å². The zero-order valence-electron chi connectivity index (χ0n) is 8.69. The third-order valence-electron chi connectivity index (χ3n) is 2.46. The number of nitrogens with zero attached hydrogens (tertiary/aromatic N) is 3. The second-order valence-corrected chi connectivity index (χ2v) is 5.20. The molecule has 0 unspecified atom stereocenters. The molecule has 0 saturated carbocycles. The van der Waals surface area contributed by atoms with Gasteiger partial charge in [-0.25, -0.2) is 14.4 Å². The van der Waals surface area contributed by atoms with E-state index in [4.69, 9.17) is 0 Å². The molecule has 15 heavy (non-hydrogen) atoms. The maximum absolute atomic E-state index is 12.6. The van der Waals surface area contributed by atoms with E-state index in [1.54, 1.807) is 0 Å². The Morgan fingerprint density at radius 2 is 2.13 bits per heavy atom. The van der Waals surface area contributed by atoms with Gasteiger partial charge in [0.2, 0.25) is 5.95 Å². The SMILES string of the molecule is C[C@H]1CCN(c2ncc(F)cn2)CCS1. The number of hydrogen-bond acceptors (Lipinski definition) is 4. The lowest BCUT2D eigenvalue weighted by Gasteiger charge is -2.19. The predicted molar refractivity (Wildman–Crippen MR) is 60.7 cm³/mol. The van der Waals surface area contributed by atoms with Gasteiger partial charge in [0.15, 0.2) is 5.82 Å². The second kappa shape index (κ2) is 4.79. The fourth-order valence-corrected chi connectivity index (χ4v) is 2.57. The van der Waals surface area contributed by atoms with Crippen LogP contribution in [0.3, 0.4) is 0 Å². The molecule has 0 bridgehead atoms. The lowest BCUT2D eigenvalue weighted by atomic mass is 10.3. The topological polar surface area (TPSA) is 29.0 Å². The quantitative estimate of drug-likeness (QED) is 0.733. The van der Waals surface area contributed by atoms with E-state index >= 15 is 0 Å². The van der Waals surface area contributed by atoms with Crippen LogP contribution in [-0.2, 0) is 0 Å². The van der Waals surface area contributed by atoms with Crippen LogP contribution in [0.15, 0.2) is 12.4 Å². The maximum atomic E-state index is 12.6. The van der Waals surface area contributed by atoms with Crippen LogP contribution in [0.25, 0.3) is 0 Å². The highest BCUT2D eigenvalue weighted by Gasteiger charge is 2.15. The summed E-state index contributed by atoms with van der Waals surface area (Å²) in [7, 11) is 0. The zero-order chi connectivity index (χ0) is 10.7. The first-order chi connectivity index (χ1) is 7.25. The van der Waals surface area contributed by atoms with Gasteiger partial charge in [-0.1, -0.05) is 6.92 Å². The van der Waals surface area contributed by atoms with Crippen molar-refractivity contribution in [2.24, 2.45) is 0 Å². The monoisotopic (exact) mass is 227 g/mol. The number of aromatic nitrogens is 2. The van der Waals surface area contributed by atoms with Crippen molar-refractivity contribution in [3.8, 4) is 0 Å². The summed E-state index contributed by atoms with van der Waals surface area (Å²) in [5.74, 6) is 1.35. The van der Waals surface area contributed by atoms with Crippen LogP contribution < -0.4 is 4.90 Å². The first-order valence-corrected chi connectivity index (χ1v) is 6.14. The Morgan fingerprint density at radius 1 is 1.40 bits per heavy atom. The normalized spacial score (nSPS) is 22.5. The summed E-state index contributed by atoms with van der Waals surface area (Å²) in [5.41, 5.74) is 0. The molecule has 0 spiro atoms. The summed E-state index contributed by atoms with van der Waals surface area (Å²) in [5, 5.41) is 0.690. The van der Waals surface area contributed by atoms with Gasteiger partial charge in [-0.05, 0) is 6.42 Å². The number of anilines is 1. The van der Waals surface area contributed by atoms with E-state index in [9.17, 15) is 4.39 Å². The Hall–Kier alpha value is -0.840. The molecular weight excluding hydrogens is 213 g/mol. The fourth-order valence-electron chi connectivity index (χ4n) is 1.57. The maximum Gasteiger partial charge on any atom is 0.225 e. The Bertz CT molecular complexity index is 317. The van der Waals surface area contributed by atoms with E-state index in [0.717, 1.165) is 25.3 Å². The smallest absolute Gasteiger partial charge is 0.225 e. The molecule has 1 aliphatic rings. The average Bonchev–Trinajstić information content (AvgIpc) is 2.44. The van der Waals surface area contributed by atoms with E-state index in [1.165, 1.54) is 12.4 Å². The van der Waals surface area contributed by atoms with Crippen LogP contribution in [0.4, 0.5) is 10.3 Å². The summed E-state index contributed by atoms with van der Waals surface area (Å²) in [6, 6.07) is 0. The third kappa shape index (κ3) is 2.81. The van der Waals surface area contributed by atoms with Crippen molar-refractivity contribution in [2.45, 2.75) is 18.6 Å². The fraction of sp³-hybridized carbons (Fsp3) is 0.600. The number of rotatable bonds is 1. The third-order valence-corrected chi connectivity index (χ3v) is 3.68. The lowest BCUT2D eigenvalue weighted by molar-refractivity contribution is 0.610. The van der Waals surface area contributed by atoms with Crippen molar-refractivity contribution >= 4 is 17.7 Å². The van der Waals surface area contributed by atoms with Gasteiger partial charge in [0.1, 0.15) is 0 Å². The van der Waals surface area contributed by atoms with E-state index in [-0.39, 0.29) is 5.82 Å². The first kappa shape index (κ1) is 10.7. The van der Waals surface area contributed by atoms with Crippen LogP contribution in [0.1, 0.15) is 13.3 Å². The molecule has 0 N–H and O–H groups in total. The molecular formula is C10H14FN3S. The Morgan fingerprint density at radius 3 is 2.87 bits per heavy atom. The molecule has 1 saturated heterocycles. The van der Waals surface area contributed by atoms with Gasteiger partial charge in [-0.2, -0.15) is 11.8 Å². The molecule has 3 nitrogen and oxygen atoms in total. The minimum Gasteiger partial charge on any atom is -0.340 e. The van der Waals surface area contributed by atoms with Crippen molar-refractivity contribution in [1.82, 2.24) is 9.97 Å². The number of thioether (sulfide) groups is 1. The highest BCUT2D eigenvalue weighted by Crippen LogP contribution is 2.20. The summed E-state index contributed by atoms with van der Waals surface area (Å²) in [6.07, 6.45) is 3.58. The molecule has 1 fully saturated rings. The summed E-state index contributed by atoms with van der Waals surface area (Å²) < 4.78 is 12.6. The largest absolute Gasteiger partial charge is 0.340 e. The van der Waals surface area contributed by atoms with Crippen LogP contribution in [0.2, 0.25) is 0 Å². The van der Waals surface area contributed by atoms with Crippen LogP contribution >= 0.6 is 11.8 Å². The minimum absolute atomic E-state index is 0.378. The van der Waals surface area contributed by atoms with Gasteiger partial charge in [-0.3, -0.25) is 0 Å². The molecule has 1 aromatic rings. The molecule has 5 heteroatoms. The van der Waals surface area contributed by atoms with Gasteiger partial charge < -0.3 is 4.90 Å². The highest BCUT2D eigenvalue weighted by molar-refractivity contribution is 7.99. The first-order valence-electron chi connectivity index (χ1n) is 5.10. The molecule has 1 aromatic heterocycles. The molecule has 82 valence electrons. The van der Waals surface area contributed by atoms with Crippen LogP contribution in [0.5, 0.6) is 0 Å². The molecule has 2 heterocycles.